The standard InChI is InChI=1S/C14H12Cl2N2O2/c1-8(10-3-4-12(15)13(16)7-10)17-18-14(19)11-5-6-20-9(11)2/h3-7H,1-2H3,(H,18,19). The van der Waals surface area contributed by atoms with E-state index in [-0.39, 0.29) is 5.91 Å². The molecule has 0 aliphatic rings. The van der Waals surface area contributed by atoms with Crippen molar-refractivity contribution in [3.05, 3.63) is 57.5 Å². The topological polar surface area (TPSA) is 54.6 Å². The van der Waals surface area contributed by atoms with E-state index in [0.29, 0.717) is 27.1 Å². The van der Waals surface area contributed by atoms with Gasteiger partial charge in [0.25, 0.3) is 5.91 Å². The first-order chi connectivity index (χ1) is 9.49. The summed E-state index contributed by atoms with van der Waals surface area (Å²) < 4.78 is 5.06. The Labute approximate surface area is 126 Å². The summed E-state index contributed by atoms with van der Waals surface area (Å²) >= 11 is 11.8. The molecule has 0 aliphatic carbocycles. The number of amides is 1. The molecular formula is C14H12Cl2N2O2. The van der Waals surface area contributed by atoms with Crippen LogP contribution >= 0.6 is 23.2 Å². The third-order valence-electron chi connectivity index (χ3n) is 2.77. The van der Waals surface area contributed by atoms with Gasteiger partial charge in [0, 0.05) is 0 Å². The highest BCUT2D eigenvalue weighted by atomic mass is 35.5. The second-order valence-electron chi connectivity index (χ2n) is 4.16. The molecule has 0 aliphatic heterocycles. The van der Waals surface area contributed by atoms with Crippen molar-refractivity contribution in [3.63, 3.8) is 0 Å². The lowest BCUT2D eigenvalue weighted by atomic mass is 10.1. The molecular weight excluding hydrogens is 299 g/mol. The van der Waals surface area contributed by atoms with E-state index in [2.05, 4.69) is 10.5 Å². The Morgan fingerprint density at radius 2 is 2.00 bits per heavy atom. The SMILES string of the molecule is CC(=NNC(=O)c1ccoc1C)c1ccc(Cl)c(Cl)c1. The van der Waals surface area contributed by atoms with E-state index in [1.807, 2.05) is 0 Å². The predicted molar refractivity (Wildman–Crippen MR) is 79.6 cm³/mol. The summed E-state index contributed by atoms with van der Waals surface area (Å²) in [4.78, 5) is 11.9. The van der Waals surface area contributed by atoms with Crippen molar-refractivity contribution in [1.82, 2.24) is 5.43 Å². The lowest BCUT2D eigenvalue weighted by molar-refractivity contribution is 0.0953. The quantitative estimate of drug-likeness (QED) is 0.687. The Hall–Kier alpha value is -1.78. The molecule has 0 spiro atoms. The fraction of sp³-hybridized carbons (Fsp3) is 0.143. The Morgan fingerprint density at radius 1 is 1.25 bits per heavy atom. The van der Waals surface area contributed by atoms with Crippen LogP contribution in [0.25, 0.3) is 0 Å². The fourth-order valence-electron chi connectivity index (χ4n) is 1.60. The van der Waals surface area contributed by atoms with E-state index in [0.717, 1.165) is 5.56 Å². The molecule has 0 saturated carbocycles. The minimum atomic E-state index is -0.323. The second-order valence-corrected chi connectivity index (χ2v) is 4.97. The number of hydrogen-bond donors (Lipinski definition) is 1. The summed E-state index contributed by atoms with van der Waals surface area (Å²) in [6, 6.07) is 6.75. The molecule has 0 bridgehead atoms. The Morgan fingerprint density at radius 3 is 2.60 bits per heavy atom. The van der Waals surface area contributed by atoms with Gasteiger partial charge in [0.05, 0.1) is 27.6 Å². The molecule has 1 N–H and O–H groups in total. The highest BCUT2D eigenvalue weighted by Crippen LogP contribution is 2.22. The first kappa shape index (κ1) is 14.6. The molecule has 0 unspecified atom stereocenters. The largest absolute Gasteiger partial charge is 0.469 e. The number of hydrazone groups is 1. The number of nitrogens with one attached hydrogen (secondary N) is 1. The van der Waals surface area contributed by atoms with Gasteiger partial charge in [-0.15, -0.1) is 0 Å². The zero-order valence-electron chi connectivity index (χ0n) is 10.9. The van der Waals surface area contributed by atoms with Crippen molar-refractivity contribution in [2.24, 2.45) is 5.10 Å². The van der Waals surface area contributed by atoms with Gasteiger partial charge in [0.2, 0.25) is 0 Å². The van der Waals surface area contributed by atoms with Crippen LogP contribution < -0.4 is 5.43 Å². The minimum absolute atomic E-state index is 0.323. The van der Waals surface area contributed by atoms with Gasteiger partial charge in [-0.25, -0.2) is 5.43 Å². The zero-order valence-corrected chi connectivity index (χ0v) is 12.4. The first-order valence-electron chi connectivity index (χ1n) is 5.83. The van der Waals surface area contributed by atoms with Crippen molar-refractivity contribution in [2.45, 2.75) is 13.8 Å². The van der Waals surface area contributed by atoms with Gasteiger partial charge in [0.15, 0.2) is 0 Å². The van der Waals surface area contributed by atoms with Gasteiger partial charge in [0.1, 0.15) is 5.76 Å². The lowest BCUT2D eigenvalue weighted by Crippen LogP contribution is -2.19. The summed E-state index contributed by atoms with van der Waals surface area (Å²) in [5.74, 6) is 0.223. The molecule has 2 rings (SSSR count). The number of halogens is 2. The van der Waals surface area contributed by atoms with E-state index < -0.39 is 0 Å². The average Bonchev–Trinajstić information content (AvgIpc) is 2.85. The number of benzene rings is 1. The lowest BCUT2D eigenvalue weighted by Gasteiger charge is -2.04. The average molecular weight is 311 g/mol. The van der Waals surface area contributed by atoms with E-state index in [1.165, 1.54) is 6.26 Å². The molecule has 0 radical (unpaired) electrons. The normalized spacial score (nSPS) is 11.5. The maximum absolute atomic E-state index is 11.9. The van der Waals surface area contributed by atoms with Crippen molar-refractivity contribution < 1.29 is 9.21 Å². The molecule has 6 heteroatoms. The monoisotopic (exact) mass is 310 g/mol. The molecule has 0 atom stereocenters. The highest BCUT2D eigenvalue weighted by Gasteiger charge is 2.10. The summed E-state index contributed by atoms with van der Waals surface area (Å²) in [5.41, 5.74) is 4.33. The molecule has 0 saturated heterocycles. The zero-order chi connectivity index (χ0) is 14.7. The second kappa shape index (κ2) is 6.11. The fourth-order valence-corrected chi connectivity index (χ4v) is 1.90. The number of carbonyl (C=O) groups is 1. The van der Waals surface area contributed by atoms with Gasteiger partial charge in [-0.1, -0.05) is 29.3 Å². The molecule has 1 aromatic heterocycles. The summed E-state index contributed by atoms with van der Waals surface area (Å²) in [6.45, 7) is 3.48. The van der Waals surface area contributed by atoms with Gasteiger partial charge in [-0.2, -0.15) is 5.10 Å². The van der Waals surface area contributed by atoms with Gasteiger partial charge >= 0.3 is 0 Å². The van der Waals surface area contributed by atoms with Crippen LogP contribution in [0.15, 0.2) is 40.0 Å². The molecule has 2 aromatic rings. The van der Waals surface area contributed by atoms with Crippen LogP contribution in [0.1, 0.15) is 28.6 Å². The minimum Gasteiger partial charge on any atom is -0.469 e. The van der Waals surface area contributed by atoms with Gasteiger partial charge in [-0.3, -0.25) is 4.79 Å². The maximum atomic E-state index is 11.9. The Kier molecular flexibility index (Phi) is 4.47. The van der Waals surface area contributed by atoms with Gasteiger partial charge in [-0.05, 0) is 37.6 Å². The van der Waals surface area contributed by atoms with Gasteiger partial charge < -0.3 is 4.42 Å². The number of rotatable bonds is 3. The van der Waals surface area contributed by atoms with E-state index in [4.69, 9.17) is 27.6 Å². The van der Waals surface area contributed by atoms with Crippen molar-refractivity contribution >= 4 is 34.8 Å². The van der Waals surface area contributed by atoms with Crippen LogP contribution in [0.2, 0.25) is 10.0 Å². The Balaban J connectivity index is 2.13. The van der Waals surface area contributed by atoms with Crippen molar-refractivity contribution in [2.75, 3.05) is 0 Å². The molecule has 4 nitrogen and oxygen atoms in total. The van der Waals surface area contributed by atoms with E-state index >= 15 is 0 Å². The molecule has 1 heterocycles. The number of hydrogen-bond acceptors (Lipinski definition) is 3. The van der Waals surface area contributed by atoms with Crippen molar-refractivity contribution in [3.8, 4) is 0 Å². The third-order valence-corrected chi connectivity index (χ3v) is 3.51. The molecule has 1 aromatic carbocycles. The number of aryl methyl sites for hydroxylation is 1. The molecule has 104 valence electrons. The van der Waals surface area contributed by atoms with Crippen LogP contribution in [0, 0.1) is 6.92 Å². The summed E-state index contributed by atoms with van der Waals surface area (Å²) in [6.07, 6.45) is 1.46. The van der Waals surface area contributed by atoms with Crippen molar-refractivity contribution in [1.29, 1.82) is 0 Å². The molecule has 20 heavy (non-hydrogen) atoms. The van der Waals surface area contributed by atoms with Crippen LogP contribution in [0.4, 0.5) is 0 Å². The molecule has 1 amide bonds. The summed E-state index contributed by atoms with van der Waals surface area (Å²) in [5, 5.41) is 4.95. The van der Waals surface area contributed by atoms with E-state index in [1.54, 1.807) is 38.1 Å². The van der Waals surface area contributed by atoms with Crippen LogP contribution in [0.3, 0.4) is 0 Å². The first-order valence-corrected chi connectivity index (χ1v) is 6.59. The molecule has 0 fully saturated rings. The summed E-state index contributed by atoms with van der Waals surface area (Å²) in [7, 11) is 0. The van der Waals surface area contributed by atoms with Crippen LogP contribution in [-0.2, 0) is 0 Å². The van der Waals surface area contributed by atoms with E-state index in [9.17, 15) is 4.79 Å². The number of nitrogens with zero attached hydrogens (tertiary/aromatic N) is 1. The number of carbonyl (C=O) groups excluding carboxylic acids is 1. The third kappa shape index (κ3) is 3.21. The maximum Gasteiger partial charge on any atom is 0.274 e. The van der Waals surface area contributed by atoms with Crippen LogP contribution in [-0.4, -0.2) is 11.6 Å². The van der Waals surface area contributed by atoms with Crippen LogP contribution in [0.5, 0.6) is 0 Å². The highest BCUT2D eigenvalue weighted by molar-refractivity contribution is 6.42. The Bertz CT molecular complexity index is 678. The number of furan rings is 1. The smallest absolute Gasteiger partial charge is 0.274 e. The predicted octanol–water partition coefficient (Wildman–Crippen LogP) is 4.05.